The summed E-state index contributed by atoms with van der Waals surface area (Å²) < 4.78 is 37.2. The molecule has 0 saturated heterocycles. The third-order valence-corrected chi connectivity index (χ3v) is 5.31. The second kappa shape index (κ2) is 5.33. The molecular formula is C11H15ClFNO2S. The normalized spacial score (nSPS) is 15.6. The minimum Gasteiger partial charge on any atom is -0.327 e. The lowest BCUT2D eigenvalue weighted by atomic mass is 10.2. The molecule has 0 aliphatic rings. The molecule has 2 N–H and O–H groups in total. The fraction of sp³-hybridized carbons (Fsp3) is 0.455. The highest BCUT2D eigenvalue weighted by atomic mass is 35.5. The van der Waals surface area contributed by atoms with Gasteiger partial charge in [0.2, 0.25) is 0 Å². The number of hydrogen-bond acceptors (Lipinski definition) is 3. The van der Waals surface area contributed by atoms with Gasteiger partial charge in [-0.1, -0.05) is 18.5 Å². The van der Waals surface area contributed by atoms with Gasteiger partial charge in [0.25, 0.3) is 0 Å². The van der Waals surface area contributed by atoms with Crippen LogP contribution >= 0.6 is 11.6 Å². The summed E-state index contributed by atoms with van der Waals surface area (Å²) in [5, 5.41) is -0.933. The highest BCUT2D eigenvalue weighted by molar-refractivity contribution is 7.92. The van der Waals surface area contributed by atoms with Crippen molar-refractivity contribution in [3.05, 3.63) is 29.0 Å². The van der Waals surface area contributed by atoms with Crippen LogP contribution < -0.4 is 5.73 Å². The van der Waals surface area contributed by atoms with E-state index in [0.29, 0.717) is 6.42 Å². The fourth-order valence-corrected chi connectivity index (χ4v) is 3.30. The van der Waals surface area contributed by atoms with Gasteiger partial charge in [-0.05, 0) is 31.5 Å². The smallest absolute Gasteiger partial charge is 0.182 e. The predicted octanol–water partition coefficient (Wildman–Crippen LogP) is 2.38. The number of halogens is 2. The van der Waals surface area contributed by atoms with Crippen LogP contribution in [0.1, 0.15) is 20.3 Å². The number of hydrogen-bond donors (Lipinski definition) is 1. The highest BCUT2D eigenvalue weighted by Crippen LogP contribution is 2.23. The van der Waals surface area contributed by atoms with Crippen LogP contribution in [0.5, 0.6) is 0 Å². The molecule has 2 atom stereocenters. The van der Waals surface area contributed by atoms with E-state index in [1.165, 1.54) is 6.07 Å². The summed E-state index contributed by atoms with van der Waals surface area (Å²) in [6.45, 7) is 3.36. The maximum Gasteiger partial charge on any atom is 0.182 e. The molecule has 1 rings (SSSR count). The molecule has 96 valence electrons. The van der Waals surface area contributed by atoms with Crippen molar-refractivity contribution in [1.82, 2.24) is 0 Å². The van der Waals surface area contributed by atoms with Gasteiger partial charge in [0.15, 0.2) is 9.84 Å². The Bertz CT molecular complexity index is 504. The second-order valence-corrected chi connectivity index (χ2v) is 6.61. The van der Waals surface area contributed by atoms with Crippen LogP contribution in [0.15, 0.2) is 23.1 Å². The molecule has 0 radical (unpaired) electrons. The SMILES string of the molecule is CCC(N)C(C)S(=O)(=O)c1ccc(F)c(Cl)c1. The lowest BCUT2D eigenvalue weighted by Crippen LogP contribution is -2.37. The van der Waals surface area contributed by atoms with E-state index in [0.717, 1.165) is 12.1 Å². The zero-order chi connectivity index (χ0) is 13.2. The van der Waals surface area contributed by atoms with Crippen molar-refractivity contribution in [2.45, 2.75) is 36.5 Å². The molecule has 0 saturated carbocycles. The lowest BCUT2D eigenvalue weighted by Gasteiger charge is -2.18. The first-order chi connectivity index (χ1) is 7.80. The third-order valence-electron chi connectivity index (χ3n) is 2.78. The van der Waals surface area contributed by atoms with Gasteiger partial charge in [0, 0.05) is 6.04 Å². The Hall–Kier alpha value is -0.650. The molecule has 0 amide bonds. The Morgan fingerprint density at radius 1 is 1.47 bits per heavy atom. The van der Waals surface area contributed by atoms with Crippen LogP contribution in [-0.2, 0) is 9.84 Å². The van der Waals surface area contributed by atoms with Crippen LogP contribution in [-0.4, -0.2) is 19.7 Å². The van der Waals surface area contributed by atoms with Crippen LogP contribution in [0.2, 0.25) is 5.02 Å². The van der Waals surface area contributed by atoms with E-state index in [-0.39, 0.29) is 9.92 Å². The summed E-state index contributed by atoms with van der Waals surface area (Å²) in [5.74, 6) is -0.641. The van der Waals surface area contributed by atoms with E-state index in [1.54, 1.807) is 6.92 Å². The predicted molar refractivity (Wildman–Crippen MR) is 66.3 cm³/mol. The van der Waals surface area contributed by atoms with Crippen LogP contribution in [0.3, 0.4) is 0 Å². The number of rotatable bonds is 4. The van der Waals surface area contributed by atoms with Gasteiger partial charge in [-0.3, -0.25) is 0 Å². The quantitative estimate of drug-likeness (QED) is 0.861. The van der Waals surface area contributed by atoms with Crippen molar-refractivity contribution in [1.29, 1.82) is 0 Å². The summed E-state index contributed by atoms with van der Waals surface area (Å²) in [7, 11) is -3.57. The first-order valence-electron chi connectivity index (χ1n) is 5.25. The van der Waals surface area contributed by atoms with Crippen molar-refractivity contribution in [3.8, 4) is 0 Å². The Morgan fingerprint density at radius 3 is 2.53 bits per heavy atom. The first kappa shape index (κ1) is 14.4. The minimum atomic E-state index is -3.57. The van der Waals surface area contributed by atoms with Gasteiger partial charge in [0.05, 0.1) is 15.2 Å². The second-order valence-electron chi connectivity index (χ2n) is 3.90. The van der Waals surface area contributed by atoms with Crippen molar-refractivity contribution in [3.63, 3.8) is 0 Å². The Labute approximate surface area is 106 Å². The van der Waals surface area contributed by atoms with E-state index in [1.807, 2.05) is 6.92 Å². The summed E-state index contributed by atoms with van der Waals surface area (Å²) in [6, 6.07) is 2.91. The third kappa shape index (κ3) is 2.97. The maximum absolute atomic E-state index is 13.0. The average molecular weight is 280 g/mol. The van der Waals surface area contributed by atoms with Gasteiger partial charge in [-0.25, -0.2) is 12.8 Å². The largest absolute Gasteiger partial charge is 0.327 e. The zero-order valence-corrected chi connectivity index (χ0v) is 11.2. The summed E-state index contributed by atoms with van der Waals surface area (Å²) >= 11 is 5.57. The van der Waals surface area contributed by atoms with E-state index in [2.05, 4.69) is 0 Å². The monoisotopic (exact) mass is 279 g/mol. The van der Waals surface area contributed by atoms with Crippen molar-refractivity contribution in [2.24, 2.45) is 5.73 Å². The van der Waals surface area contributed by atoms with Crippen molar-refractivity contribution < 1.29 is 12.8 Å². The van der Waals surface area contributed by atoms with Gasteiger partial charge in [-0.15, -0.1) is 0 Å². The Balaban J connectivity index is 3.17. The van der Waals surface area contributed by atoms with Crippen LogP contribution in [0.25, 0.3) is 0 Å². The molecule has 0 heterocycles. The fourth-order valence-electron chi connectivity index (χ4n) is 1.43. The molecule has 0 aromatic heterocycles. The van der Waals surface area contributed by atoms with Crippen LogP contribution in [0, 0.1) is 5.82 Å². The zero-order valence-electron chi connectivity index (χ0n) is 9.65. The lowest BCUT2D eigenvalue weighted by molar-refractivity contribution is 0.551. The molecular weight excluding hydrogens is 265 g/mol. The summed E-state index contributed by atoms with van der Waals surface area (Å²) in [5.41, 5.74) is 5.72. The Kier molecular flexibility index (Phi) is 4.52. The molecule has 0 spiro atoms. The van der Waals surface area contributed by atoms with Gasteiger partial charge in [0.1, 0.15) is 5.82 Å². The topological polar surface area (TPSA) is 60.2 Å². The van der Waals surface area contributed by atoms with E-state index in [4.69, 9.17) is 17.3 Å². The molecule has 0 aliphatic carbocycles. The van der Waals surface area contributed by atoms with E-state index < -0.39 is 26.9 Å². The average Bonchev–Trinajstić information content (AvgIpc) is 2.30. The maximum atomic E-state index is 13.0. The highest BCUT2D eigenvalue weighted by Gasteiger charge is 2.28. The summed E-state index contributed by atoms with van der Waals surface area (Å²) in [6.07, 6.45) is 0.551. The van der Waals surface area contributed by atoms with E-state index in [9.17, 15) is 12.8 Å². The molecule has 1 aromatic rings. The van der Waals surface area contributed by atoms with Gasteiger partial charge < -0.3 is 5.73 Å². The minimum absolute atomic E-state index is 0.000278. The molecule has 0 bridgehead atoms. The standard InChI is InChI=1S/C11H15ClFNO2S/c1-3-11(14)7(2)17(15,16)8-4-5-10(13)9(12)6-8/h4-7,11H,3,14H2,1-2H3. The molecule has 3 nitrogen and oxygen atoms in total. The molecule has 6 heteroatoms. The first-order valence-corrected chi connectivity index (χ1v) is 7.17. The summed E-state index contributed by atoms with van der Waals surface area (Å²) in [4.78, 5) is 0.000278. The van der Waals surface area contributed by atoms with Crippen molar-refractivity contribution in [2.75, 3.05) is 0 Å². The molecule has 0 aliphatic heterocycles. The van der Waals surface area contributed by atoms with Crippen molar-refractivity contribution >= 4 is 21.4 Å². The number of nitrogens with two attached hydrogens (primary N) is 1. The molecule has 17 heavy (non-hydrogen) atoms. The molecule has 2 unspecified atom stereocenters. The van der Waals surface area contributed by atoms with E-state index >= 15 is 0 Å². The molecule has 0 fully saturated rings. The number of benzene rings is 1. The van der Waals surface area contributed by atoms with Gasteiger partial charge in [-0.2, -0.15) is 0 Å². The van der Waals surface area contributed by atoms with Crippen LogP contribution in [0.4, 0.5) is 4.39 Å². The molecule has 1 aromatic carbocycles. The van der Waals surface area contributed by atoms with Gasteiger partial charge >= 0.3 is 0 Å². The number of sulfone groups is 1. The Morgan fingerprint density at radius 2 is 2.06 bits per heavy atom.